The van der Waals surface area contributed by atoms with E-state index in [2.05, 4.69) is 37.5 Å². The van der Waals surface area contributed by atoms with E-state index in [9.17, 15) is 13.2 Å². The number of para-hydroxylation sites is 1. The number of aryl methyl sites for hydroxylation is 1. The van der Waals surface area contributed by atoms with Crippen molar-refractivity contribution in [3.63, 3.8) is 0 Å². The number of thioether (sulfide) groups is 1. The van der Waals surface area contributed by atoms with Crippen molar-refractivity contribution >= 4 is 34.3 Å². The third-order valence-corrected chi connectivity index (χ3v) is 5.81. The molecule has 29 heavy (non-hydrogen) atoms. The Morgan fingerprint density at radius 2 is 2.07 bits per heavy atom. The molecule has 4 aromatic rings. The lowest BCUT2D eigenvalue weighted by molar-refractivity contribution is -0.136. The molecule has 1 aliphatic carbocycles. The van der Waals surface area contributed by atoms with Gasteiger partial charge in [-0.05, 0) is 37.1 Å². The first-order valence-corrected chi connectivity index (χ1v) is 10.4. The van der Waals surface area contributed by atoms with E-state index in [4.69, 9.17) is 0 Å². The molecule has 1 aromatic carbocycles. The maximum atomic E-state index is 13.3. The maximum Gasteiger partial charge on any atom is 0.421 e. The molecule has 0 aliphatic heterocycles. The van der Waals surface area contributed by atoms with Gasteiger partial charge in [-0.2, -0.15) is 27.8 Å². The number of aromatic nitrogens is 5. The number of fused-ring (bicyclic) bond motifs is 4. The summed E-state index contributed by atoms with van der Waals surface area (Å²) in [6.07, 6.45) is 0.473. The van der Waals surface area contributed by atoms with Gasteiger partial charge >= 0.3 is 6.18 Å². The molecular weight excluding hydrogens is 401 g/mol. The second kappa shape index (κ2) is 6.65. The van der Waals surface area contributed by atoms with Crippen LogP contribution >= 0.6 is 11.8 Å². The Labute approximate surface area is 167 Å². The predicted octanol–water partition coefficient (Wildman–Crippen LogP) is 4.32. The Balaban J connectivity index is 1.51. The van der Waals surface area contributed by atoms with Gasteiger partial charge in [-0.25, -0.2) is 4.98 Å². The van der Waals surface area contributed by atoms with Crippen LogP contribution < -0.4 is 5.32 Å². The van der Waals surface area contributed by atoms with Gasteiger partial charge in [0.1, 0.15) is 5.56 Å². The maximum absolute atomic E-state index is 13.3. The molecule has 5 rings (SSSR count). The van der Waals surface area contributed by atoms with E-state index in [1.54, 1.807) is 6.26 Å². The monoisotopic (exact) mass is 418 g/mol. The van der Waals surface area contributed by atoms with Gasteiger partial charge in [0.25, 0.3) is 0 Å². The quantitative estimate of drug-likeness (QED) is 0.485. The first-order valence-electron chi connectivity index (χ1n) is 9.16. The summed E-state index contributed by atoms with van der Waals surface area (Å²) in [5.74, 6) is 0.281. The molecule has 0 saturated heterocycles. The number of anilines is 1. The summed E-state index contributed by atoms with van der Waals surface area (Å²) in [4.78, 5) is 11.9. The van der Waals surface area contributed by atoms with Crippen LogP contribution in [0, 0.1) is 0 Å². The van der Waals surface area contributed by atoms with Crippen LogP contribution in [-0.4, -0.2) is 36.9 Å². The number of halogens is 3. The summed E-state index contributed by atoms with van der Waals surface area (Å²) in [5, 5.41) is 8.68. The second-order valence-corrected chi connectivity index (χ2v) is 7.81. The lowest BCUT2D eigenvalue weighted by Crippen LogP contribution is -2.29. The van der Waals surface area contributed by atoms with Crippen molar-refractivity contribution in [1.29, 1.82) is 0 Å². The highest BCUT2D eigenvalue weighted by atomic mass is 32.2. The number of nitrogens with zero attached hydrogens (tertiary/aromatic N) is 4. The van der Waals surface area contributed by atoms with Crippen molar-refractivity contribution in [2.24, 2.45) is 0 Å². The summed E-state index contributed by atoms with van der Waals surface area (Å²) >= 11 is 1.20. The van der Waals surface area contributed by atoms with Crippen LogP contribution in [-0.2, 0) is 19.0 Å². The zero-order valence-corrected chi connectivity index (χ0v) is 16.2. The van der Waals surface area contributed by atoms with Gasteiger partial charge in [0.2, 0.25) is 5.95 Å². The van der Waals surface area contributed by atoms with E-state index in [-0.39, 0.29) is 22.8 Å². The van der Waals surface area contributed by atoms with E-state index in [0.29, 0.717) is 0 Å². The summed E-state index contributed by atoms with van der Waals surface area (Å²) < 4.78 is 41.1. The Morgan fingerprint density at radius 3 is 2.86 bits per heavy atom. The average molecular weight is 418 g/mol. The van der Waals surface area contributed by atoms with Gasteiger partial charge in [0, 0.05) is 22.6 Å². The number of aromatic amines is 1. The lowest BCUT2D eigenvalue weighted by atomic mass is 9.91. The molecule has 1 atom stereocenters. The highest BCUT2D eigenvalue weighted by molar-refractivity contribution is 7.98. The third kappa shape index (κ3) is 3.11. The number of benzene rings is 1. The standard InChI is InChI=1S/C19H17F3N6S/c1-29-18-26-16-13(19(20,21)22)9-23-28(16)17(27-18)24-10-6-7-15-12(8-10)11-4-2-3-5-14(11)25-15/h2-5,9-10,25H,6-8H2,1H3,(H,24,26,27)/t10-/m1/s1. The first kappa shape index (κ1) is 18.3. The van der Waals surface area contributed by atoms with Crippen molar-refractivity contribution in [3.8, 4) is 0 Å². The Hall–Kier alpha value is -2.75. The van der Waals surface area contributed by atoms with Crippen LogP contribution in [0.1, 0.15) is 23.2 Å². The van der Waals surface area contributed by atoms with Crippen LogP contribution in [0.3, 0.4) is 0 Å². The van der Waals surface area contributed by atoms with E-state index in [1.807, 2.05) is 12.1 Å². The van der Waals surface area contributed by atoms with Crippen LogP contribution in [0.5, 0.6) is 0 Å². The predicted molar refractivity (Wildman–Crippen MR) is 105 cm³/mol. The molecule has 0 amide bonds. The molecule has 1 aliphatic rings. The molecule has 3 aromatic heterocycles. The van der Waals surface area contributed by atoms with Gasteiger partial charge in [0.05, 0.1) is 6.20 Å². The van der Waals surface area contributed by atoms with Crippen molar-refractivity contribution < 1.29 is 13.2 Å². The Bertz CT molecular complexity index is 1210. The molecule has 10 heteroatoms. The molecule has 0 saturated carbocycles. The highest BCUT2D eigenvalue weighted by Gasteiger charge is 2.36. The Kier molecular flexibility index (Phi) is 4.19. The normalized spacial score (nSPS) is 17.0. The SMILES string of the molecule is CSc1nc(N[C@@H]2CCc3[nH]c4ccccc4c3C2)n2ncc(C(F)(F)F)c2n1. The minimum atomic E-state index is -4.52. The van der Waals surface area contributed by atoms with E-state index >= 15 is 0 Å². The first-order chi connectivity index (χ1) is 13.9. The van der Waals surface area contributed by atoms with Crippen LogP contribution in [0.25, 0.3) is 16.6 Å². The number of H-pyrrole nitrogens is 1. The fourth-order valence-electron chi connectivity index (χ4n) is 3.92. The van der Waals surface area contributed by atoms with E-state index in [1.165, 1.54) is 28.4 Å². The minimum Gasteiger partial charge on any atom is -0.358 e. The summed E-state index contributed by atoms with van der Waals surface area (Å²) in [6, 6.07) is 8.18. The average Bonchev–Trinajstić information content (AvgIpc) is 3.29. The minimum absolute atomic E-state index is 0.0352. The summed E-state index contributed by atoms with van der Waals surface area (Å²) in [5.41, 5.74) is 2.48. The van der Waals surface area contributed by atoms with Crippen molar-refractivity contribution in [2.45, 2.75) is 36.6 Å². The number of nitrogens with one attached hydrogen (secondary N) is 2. The van der Waals surface area contributed by atoms with Crippen LogP contribution in [0.15, 0.2) is 35.6 Å². The number of rotatable bonds is 3. The Morgan fingerprint density at radius 1 is 1.24 bits per heavy atom. The van der Waals surface area contributed by atoms with Crippen molar-refractivity contribution in [3.05, 3.63) is 47.3 Å². The molecule has 0 fully saturated rings. The van der Waals surface area contributed by atoms with Crippen molar-refractivity contribution in [1.82, 2.24) is 24.6 Å². The molecule has 3 heterocycles. The number of hydrogen-bond acceptors (Lipinski definition) is 5. The largest absolute Gasteiger partial charge is 0.421 e. The van der Waals surface area contributed by atoms with Gasteiger partial charge in [-0.15, -0.1) is 0 Å². The van der Waals surface area contributed by atoms with Crippen LogP contribution in [0.4, 0.5) is 19.1 Å². The van der Waals surface area contributed by atoms with E-state index in [0.717, 1.165) is 35.5 Å². The molecule has 150 valence electrons. The zero-order valence-electron chi connectivity index (χ0n) is 15.4. The molecule has 2 N–H and O–H groups in total. The zero-order chi connectivity index (χ0) is 20.2. The number of hydrogen-bond donors (Lipinski definition) is 2. The summed E-state index contributed by atoms with van der Waals surface area (Å²) in [6.45, 7) is 0. The van der Waals surface area contributed by atoms with Crippen molar-refractivity contribution in [2.75, 3.05) is 11.6 Å². The molecule has 0 bridgehead atoms. The summed E-state index contributed by atoms with van der Waals surface area (Å²) in [7, 11) is 0. The fraction of sp³-hybridized carbons (Fsp3) is 0.316. The number of alkyl halides is 3. The topological polar surface area (TPSA) is 70.9 Å². The molecule has 0 unspecified atom stereocenters. The molecule has 0 spiro atoms. The smallest absolute Gasteiger partial charge is 0.358 e. The molecule has 6 nitrogen and oxygen atoms in total. The van der Waals surface area contributed by atoms with Gasteiger partial charge in [0.15, 0.2) is 10.8 Å². The van der Waals surface area contributed by atoms with E-state index < -0.39 is 11.7 Å². The fourth-order valence-corrected chi connectivity index (χ4v) is 4.27. The second-order valence-electron chi connectivity index (χ2n) is 7.04. The van der Waals surface area contributed by atoms with Gasteiger partial charge < -0.3 is 10.3 Å². The van der Waals surface area contributed by atoms with Gasteiger partial charge in [-0.1, -0.05) is 30.0 Å². The highest BCUT2D eigenvalue weighted by Crippen LogP contribution is 2.34. The van der Waals surface area contributed by atoms with Crippen LogP contribution in [0.2, 0.25) is 0 Å². The lowest BCUT2D eigenvalue weighted by Gasteiger charge is -2.24. The molecule has 0 radical (unpaired) electrons. The van der Waals surface area contributed by atoms with Gasteiger partial charge in [-0.3, -0.25) is 0 Å². The third-order valence-electron chi connectivity index (χ3n) is 5.26. The molecular formula is C19H17F3N6S.